The van der Waals surface area contributed by atoms with Crippen LogP contribution < -0.4 is 11.5 Å². The van der Waals surface area contributed by atoms with Crippen LogP contribution in [0.4, 0.5) is 27.4 Å². The van der Waals surface area contributed by atoms with Gasteiger partial charge in [-0.05, 0) is 12.1 Å². The van der Waals surface area contributed by atoms with E-state index in [0.29, 0.717) is 0 Å². The molecule has 88 valence electrons. The molecule has 0 unspecified atom stereocenters. The second-order valence-electron chi connectivity index (χ2n) is 3.14. The highest BCUT2D eigenvalue weighted by Crippen LogP contribution is 2.30. The lowest BCUT2D eigenvalue weighted by molar-refractivity contribution is 0.629. The van der Waals surface area contributed by atoms with E-state index < -0.39 is 5.82 Å². The predicted octanol–water partition coefficient (Wildman–Crippen LogP) is 2.78. The molecule has 0 radical (unpaired) electrons. The number of azo groups is 1. The van der Waals surface area contributed by atoms with Gasteiger partial charge < -0.3 is 11.5 Å². The molecule has 0 aliphatic heterocycles. The molecule has 0 aliphatic rings. The minimum Gasteiger partial charge on any atom is -0.382 e. The Balaban J connectivity index is 2.36. The molecule has 0 aliphatic carbocycles. The average molecular weight is 255 g/mol. The third-order valence-corrected chi connectivity index (χ3v) is 2.28. The quantitative estimate of drug-likeness (QED) is 0.718. The van der Waals surface area contributed by atoms with Gasteiger partial charge in [-0.1, -0.05) is 17.7 Å². The maximum Gasteiger partial charge on any atom is 0.175 e. The van der Waals surface area contributed by atoms with Crippen LogP contribution in [0.5, 0.6) is 0 Å². The Morgan fingerprint density at radius 1 is 1.29 bits per heavy atom. The Morgan fingerprint density at radius 2 is 2.06 bits per heavy atom. The van der Waals surface area contributed by atoms with Gasteiger partial charge in [0, 0.05) is 0 Å². The topological polar surface area (TPSA) is 105 Å². The molecule has 6 nitrogen and oxygen atoms in total. The van der Waals surface area contributed by atoms with Crippen molar-refractivity contribution in [3.05, 3.63) is 29.0 Å². The van der Waals surface area contributed by atoms with E-state index in [1.807, 2.05) is 0 Å². The average Bonchev–Trinajstić information content (AvgIpc) is 2.62. The molecule has 1 aromatic carbocycles. The highest BCUT2D eigenvalue weighted by atomic mass is 35.5. The number of aromatic amines is 1. The fraction of sp³-hybridized carbons (Fsp3) is 0. The summed E-state index contributed by atoms with van der Waals surface area (Å²) in [6.45, 7) is 0. The second-order valence-corrected chi connectivity index (χ2v) is 3.55. The maximum absolute atomic E-state index is 13.5. The number of H-pyrrole nitrogens is 1. The molecule has 2 aromatic rings. The maximum atomic E-state index is 13.5. The molecular weight excluding hydrogens is 247 g/mol. The molecule has 17 heavy (non-hydrogen) atoms. The van der Waals surface area contributed by atoms with Gasteiger partial charge in [-0.3, -0.25) is 5.10 Å². The van der Waals surface area contributed by atoms with Crippen molar-refractivity contribution in [3.63, 3.8) is 0 Å². The third-order valence-electron chi connectivity index (χ3n) is 1.98. The first-order chi connectivity index (χ1) is 8.09. The Bertz CT molecular complexity index is 559. The van der Waals surface area contributed by atoms with E-state index in [4.69, 9.17) is 23.1 Å². The number of aromatic nitrogens is 2. The van der Waals surface area contributed by atoms with E-state index in [2.05, 4.69) is 20.4 Å². The summed E-state index contributed by atoms with van der Waals surface area (Å²) in [4.78, 5) is 0. The summed E-state index contributed by atoms with van der Waals surface area (Å²) in [6.07, 6.45) is 0. The van der Waals surface area contributed by atoms with Crippen molar-refractivity contribution in [2.75, 3.05) is 11.5 Å². The molecule has 0 amide bonds. The summed E-state index contributed by atoms with van der Waals surface area (Å²) in [7, 11) is 0. The van der Waals surface area contributed by atoms with Gasteiger partial charge in [-0.25, -0.2) is 4.39 Å². The summed E-state index contributed by atoms with van der Waals surface area (Å²) < 4.78 is 13.5. The van der Waals surface area contributed by atoms with Crippen molar-refractivity contribution in [3.8, 4) is 0 Å². The van der Waals surface area contributed by atoms with Gasteiger partial charge in [0.1, 0.15) is 11.5 Å². The van der Waals surface area contributed by atoms with Crippen LogP contribution in [0.25, 0.3) is 0 Å². The molecular formula is C9H8ClFN6. The molecule has 0 spiro atoms. The minimum absolute atomic E-state index is 0.00231. The lowest BCUT2D eigenvalue weighted by Gasteiger charge is -1.97. The van der Waals surface area contributed by atoms with Crippen LogP contribution in [-0.2, 0) is 0 Å². The molecule has 5 N–H and O–H groups in total. The van der Waals surface area contributed by atoms with Crippen molar-refractivity contribution in [1.82, 2.24) is 10.2 Å². The largest absolute Gasteiger partial charge is 0.382 e. The van der Waals surface area contributed by atoms with Gasteiger partial charge in [0.15, 0.2) is 17.3 Å². The molecule has 0 atom stereocenters. The van der Waals surface area contributed by atoms with E-state index in [0.717, 1.165) is 0 Å². The van der Waals surface area contributed by atoms with Crippen LogP contribution in [0.3, 0.4) is 0 Å². The third kappa shape index (κ3) is 2.18. The Labute approximate surface area is 100 Å². The molecule has 8 heteroatoms. The van der Waals surface area contributed by atoms with Gasteiger partial charge in [0.2, 0.25) is 0 Å². The fourth-order valence-corrected chi connectivity index (χ4v) is 1.31. The minimum atomic E-state index is -0.654. The molecule has 1 aromatic heterocycles. The molecule has 1 heterocycles. The first kappa shape index (κ1) is 11.3. The number of nitrogens with one attached hydrogen (secondary N) is 1. The van der Waals surface area contributed by atoms with Crippen LogP contribution in [0.2, 0.25) is 5.02 Å². The summed E-state index contributed by atoms with van der Waals surface area (Å²) in [5, 5.41) is 13.4. The van der Waals surface area contributed by atoms with Crippen LogP contribution in [0.1, 0.15) is 0 Å². The van der Waals surface area contributed by atoms with E-state index >= 15 is 0 Å². The standard InChI is InChI=1S/C9H8ClFN6/c10-4-2-1-3-5(6(4)11)14-15-7-8(12)16-17-9(7)13/h1-3H,(H5,12,13,16,17). The molecule has 0 bridgehead atoms. The zero-order valence-electron chi connectivity index (χ0n) is 8.48. The second kappa shape index (κ2) is 4.38. The van der Waals surface area contributed by atoms with E-state index in [1.54, 1.807) is 6.07 Å². The van der Waals surface area contributed by atoms with Crippen LogP contribution in [0.15, 0.2) is 28.4 Å². The van der Waals surface area contributed by atoms with Gasteiger partial charge in [0.05, 0.1) is 5.02 Å². The first-order valence-electron chi connectivity index (χ1n) is 4.54. The molecule has 0 saturated carbocycles. The lowest BCUT2D eigenvalue weighted by Crippen LogP contribution is -1.84. The Kier molecular flexibility index (Phi) is 2.92. The highest BCUT2D eigenvalue weighted by molar-refractivity contribution is 6.31. The Morgan fingerprint density at radius 3 is 2.71 bits per heavy atom. The molecule has 2 rings (SSSR count). The van der Waals surface area contributed by atoms with E-state index in [9.17, 15) is 4.39 Å². The smallest absolute Gasteiger partial charge is 0.175 e. The normalized spacial score (nSPS) is 11.2. The van der Waals surface area contributed by atoms with E-state index in [1.165, 1.54) is 12.1 Å². The van der Waals surface area contributed by atoms with Gasteiger partial charge >= 0.3 is 0 Å². The lowest BCUT2D eigenvalue weighted by atomic mass is 10.3. The van der Waals surface area contributed by atoms with Crippen LogP contribution >= 0.6 is 11.6 Å². The van der Waals surface area contributed by atoms with Crippen molar-refractivity contribution in [1.29, 1.82) is 0 Å². The zero-order chi connectivity index (χ0) is 12.4. The van der Waals surface area contributed by atoms with Crippen molar-refractivity contribution < 1.29 is 4.39 Å². The summed E-state index contributed by atoms with van der Waals surface area (Å²) in [5.74, 6) is -0.402. The molecule has 0 fully saturated rings. The molecule has 0 saturated heterocycles. The zero-order valence-corrected chi connectivity index (χ0v) is 9.24. The highest BCUT2D eigenvalue weighted by Gasteiger charge is 2.08. The fourth-order valence-electron chi connectivity index (χ4n) is 1.14. The number of nitrogen functional groups attached to an aromatic ring is 2. The summed E-state index contributed by atoms with van der Waals surface area (Å²) in [6, 6.07) is 4.40. The van der Waals surface area contributed by atoms with Gasteiger partial charge in [-0.15, -0.1) is 10.2 Å². The first-order valence-corrected chi connectivity index (χ1v) is 4.92. The van der Waals surface area contributed by atoms with Crippen molar-refractivity contribution in [2.45, 2.75) is 0 Å². The number of rotatable bonds is 2. The summed E-state index contributed by atoms with van der Waals surface area (Å²) >= 11 is 5.59. The number of halogens is 2. The van der Waals surface area contributed by atoms with Crippen molar-refractivity contribution >= 4 is 34.6 Å². The van der Waals surface area contributed by atoms with Gasteiger partial charge in [0.25, 0.3) is 0 Å². The monoisotopic (exact) mass is 254 g/mol. The number of anilines is 2. The Hall–Kier alpha value is -2.15. The number of nitrogens with zero attached hydrogens (tertiary/aromatic N) is 3. The number of benzene rings is 1. The summed E-state index contributed by atoms with van der Waals surface area (Å²) in [5.41, 5.74) is 11.1. The van der Waals surface area contributed by atoms with Gasteiger partial charge in [-0.2, -0.15) is 5.10 Å². The predicted molar refractivity (Wildman–Crippen MR) is 63.0 cm³/mol. The number of hydrogen-bond acceptors (Lipinski definition) is 5. The number of hydrogen-bond donors (Lipinski definition) is 3. The number of nitrogens with two attached hydrogens (primary N) is 2. The van der Waals surface area contributed by atoms with Crippen molar-refractivity contribution in [2.24, 2.45) is 10.2 Å². The van der Waals surface area contributed by atoms with Crippen LogP contribution in [-0.4, -0.2) is 10.2 Å². The van der Waals surface area contributed by atoms with Crippen LogP contribution in [0, 0.1) is 5.82 Å². The van der Waals surface area contributed by atoms with E-state index in [-0.39, 0.29) is 28.0 Å². The SMILES string of the molecule is Nc1n[nH]c(N)c1N=Nc1cccc(Cl)c1F.